The molecule has 0 radical (unpaired) electrons. The summed E-state index contributed by atoms with van der Waals surface area (Å²) in [6.07, 6.45) is 7.59. The largest absolute Gasteiger partial charge is 0.454 e. The number of piperidine rings is 1. The third kappa shape index (κ3) is 3.22. The lowest BCUT2D eigenvalue weighted by atomic mass is 10.0. The van der Waals surface area contributed by atoms with Gasteiger partial charge in [-0.2, -0.15) is 0 Å². The fraction of sp³-hybridized carbons (Fsp3) is 0.632. The van der Waals surface area contributed by atoms with Crippen LogP contribution in [0.15, 0.2) is 18.2 Å². The van der Waals surface area contributed by atoms with Gasteiger partial charge in [0, 0.05) is 24.7 Å². The molecule has 4 rings (SSSR count). The first kappa shape index (κ1) is 15.8. The van der Waals surface area contributed by atoms with E-state index < -0.39 is 0 Å². The highest BCUT2D eigenvalue weighted by Gasteiger charge is 2.28. The van der Waals surface area contributed by atoms with E-state index in [4.69, 9.17) is 9.47 Å². The van der Waals surface area contributed by atoms with Crippen LogP contribution in [0.5, 0.6) is 11.5 Å². The van der Waals surface area contributed by atoms with E-state index in [2.05, 4.69) is 4.90 Å². The molecule has 0 spiro atoms. The predicted molar refractivity (Wildman–Crippen MR) is 91.5 cm³/mol. The molecule has 0 saturated carbocycles. The summed E-state index contributed by atoms with van der Waals surface area (Å²) in [6.45, 7) is 4.43. The van der Waals surface area contributed by atoms with Gasteiger partial charge < -0.3 is 19.3 Å². The number of likely N-dealkylation sites (tertiary alicyclic amines) is 2. The molecular formula is C19H26N2O3. The van der Waals surface area contributed by atoms with Crippen molar-refractivity contribution < 1.29 is 14.3 Å². The first-order valence-corrected chi connectivity index (χ1v) is 9.24. The van der Waals surface area contributed by atoms with Crippen molar-refractivity contribution in [2.24, 2.45) is 0 Å². The molecule has 0 unspecified atom stereocenters. The van der Waals surface area contributed by atoms with E-state index in [1.54, 1.807) is 0 Å². The van der Waals surface area contributed by atoms with Crippen molar-refractivity contribution in [3.63, 3.8) is 0 Å². The topological polar surface area (TPSA) is 42.0 Å². The Morgan fingerprint density at radius 3 is 2.38 bits per heavy atom. The molecule has 1 amide bonds. The summed E-state index contributed by atoms with van der Waals surface area (Å²) in [7, 11) is 0. The highest BCUT2D eigenvalue weighted by Crippen LogP contribution is 2.33. The number of nitrogens with zero attached hydrogens (tertiary/aromatic N) is 2. The van der Waals surface area contributed by atoms with Crippen LogP contribution in [0.2, 0.25) is 0 Å². The molecule has 0 atom stereocenters. The maximum absolute atomic E-state index is 12.8. The number of fused-ring (bicyclic) bond motifs is 1. The van der Waals surface area contributed by atoms with Gasteiger partial charge in [0.25, 0.3) is 5.91 Å². The molecule has 1 aromatic rings. The van der Waals surface area contributed by atoms with Crippen molar-refractivity contribution in [1.82, 2.24) is 9.80 Å². The molecule has 3 aliphatic rings. The number of hydrogen-bond donors (Lipinski definition) is 0. The van der Waals surface area contributed by atoms with Gasteiger partial charge in [0.15, 0.2) is 11.5 Å². The molecule has 3 heterocycles. The van der Waals surface area contributed by atoms with Crippen LogP contribution in [0.4, 0.5) is 0 Å². The predicted octanol–water partition coefficient (Wildman–Crippen LogP) is 2.90. The molecule has 5 heteroatoms. The van der Waals surface area contributed by atoms with Crippen molar-refractivity contribution >= 4 is 5.91 Å². The summed E-state index contributed by atoms with van der Waals surface area (Å²) in [5.41, 5.74) is 0.701. The van der Waals surface area contributed by atoms with Crippen LogP contribution < -0.4 is 9.47 Å². The van der Waals surface area contributed by atoms with E-state index in [1.807, 2.05) is 23.1 Å². The Morgan fingerprint density at radius 1 is 0.917 bits per heavy atom. The Bertz CT molecular complexity index is 588. The molecule has 5 nitrogen and oxygen atoms in total. The second-order valence-electron chi connectivity index (χ2n) is 7.04. The van der Waals surface area contributed by atoms with Crippen molar-refractivity contribution in [2.75, 3.05) is 33.0 Å². The highest BCUT2D eigenvalue weighted by molar-refractivity contribution is 5.95. The van der Waals surface area contributed by atoms with E-state index in [0.717, 1.165) is 31.7 Å². The van der Waals surface area contributed by atoms with Gasteiger partial charge in [0.2, 0.25) is 6.79 Å². The van der Waals surface area contributed by atoms with Crippen molar-refractivity contribution in [1.29, 1.82) is 0 Å². The van der Waals surface area contributed by atoms with Gasteiger partial charge in [-0.15, -0.1) is 0 Å². The highest BCUT2D eigenvalue weighted by atomic mass is 16.7. The molecule has 24 heavy (non-hydrogen) atoms. The van der Waals surface area contributed by atoms with E-state index in [1.165, 1.54) is 38.8 Å². The lowest BCUT2D eigenvalue weighted by molar-refractivity contribution is 0.0622. The summed E-state index contributed by atoms with van der Waals surface area (Å²) in [4.78, 5) is 17.4. The average Bonchev–Trinajstić information content (AvgIpc) is 2.93. The third-order valence-corrected chi connectivity index (χ3v) is 5.53. The number of carbonyl (C=O) groups excluding carboxylic acids is 1. The zero-order valence-electron chi connectivity index (χ0n) is 14.2. The zero-order valence-corrected chi connectivity index (χ0v) is 14.2. The van der Waals surface area contributed by atoms with Crippen LogP contribution in [0.1, 0.15) is 48.9 Å². The SMILES string of the molecule is O=C(c1ccc2c(c1)OCO2)N1CCC(N2CCCCCC2)CC1. The van der Waals surface area contributed by atoms with E-state index >= 15 is 0 Å². The van der Waals surface area contributed by atoms with Crippen LogP contribution in [0.25, 0.3) is 0 Å². The lowest BCUT2D eigenvalue weighted by Gasteiger charge is -2.38. The second-order valence-corrected chi connectivity index (χ2v) is 7.04. The number of hydrogen-bond acceptors (Lipinski definition) is 4. The summed E-state index contributed by atoms with van der Waals surface area (Å²) in [6, 6.07) is 6.14. The minimum atomic E-state index is 0.114. The molecule has 1 aromatic carbocycles. The fourth-order valence-electron chi connectivity index (χ4n) is 4.11. The Kier molecular flexibility index (Phi) is 4.60. The van der Waals surface area contributed by atoms with E-state index in [0.29, 0.717) is 17.4 Å². The molecule has 0 N–H and O–H groups in total. The van der Waals surface area contributed by atoms with Crippen LogP contribution >= 0.6 is 0 Å². The molecule has 3 aliphatic heterocycles. The summed E-state index contributed by atoms with van der Waals surface area (Å²) < 4.78 is 10.7. The number of benzene rings is 1. The quantitative estimate of drug-likeness (QED) is 0.836. The first-order chi connectivity index (χ1) is 11.8. The Labute approximate surface area is 143 Å². The number of carbonyl (C=O) groups is 1. The number of ether oxygens (including phenoxy) is 2. The van der Waals surface area contributed by atoms with Crippen LogP contribution in [-0.4, -0.2) is 54.7 Å². The minimum Gasteiger partial charge on any atom is -0.454 e. The van der Waals surface area contributed by atoms with Gasteiger partial charge in [-0.3, -0.25) is 4.79 Å². The Hall–Kier alpha value is -1.75. The van der Waals surface area contributed by atoms with Crippen molar-refractivity contribution in [2.45, 2.75) is 44.6 Å². The van der Waals surface area contributed by atoms with Crippen molar-refractivity contribution in [3.8, 4) is 11.5 Å². The Balaban J connectivity index is 1.36. The van der Waals surface area contributed by atoms with Crippen LogP contribution in [-0.2, 0) is 0 Å². The molecule has 0 bridgehead atoms. The van der Waals surface area contributed by atoms with Gasteiger partial charge in [0.05, 0.1) is 0 Å². The zero-order chi connectivity index (χ0) is 16.4. The van der Waals surface area contributed by atoms with Gasteiger partial charge in [-0.05, 0) is 57.0 Å². The standard InChI is InChI=1S/C19H26N2O3/c22-19(15-5-6-17-18(13-15)24-14-23-17)21-11-7-16(8-12-21)20-9-3-1-2-4-10-20/h5-6,13,16H,1-4,7-12,14H2. The lowest BCUT2D eigenvalue weighted by Crippen LogP contribution is -2.47. The van der Waals surface area contributed by atoms with Gasteiger partial charge in [-0.1, -0.05) is 12.8 Å². The van der Waals surface area contributed by atoms with Gasteiger partial charge in [0.1, 0.15) is 0 Å². The fourth-order valence-corrected chi connectivity index (χ4v) is 4.11. The Morgan fingerprint density at radius 2 is 1.62 bits per heavy atom. The molecular weight excluding hydrogens is 304 g/mol. The molecule has 2 saturated heterocycles. The van der Waals surface area contributed by atoms with Gasteiger partial charge >= 0.3 is 0 Å². The first-order valence-electron chi connectivity index (χ1n) is 9.24. The normalized spacial score (nSPS) is 22.4. The molecule has 2 fully saturated rings. The van der Waals surface area contributed by atoms with E-state index in [-0.39, 0.29) is 12.7 Å². The maximum atomic E-state index is 12.8. The molecule has 0 aromatic heterocycles. The molecule has 0 aliphatic carbocycles. The monoisotopic (exact) mass is 330 g/mol. The smallest absolute Gasteiger partial charge is 0.253 e. The second kappa shape index (κ2) is 7.01. The summed E-state index contributed by atoms with van der Waals surface area (Å²) >= 11 is 0. The minimum absolute atomic E-state index is 0.114. The maximum Gasteiger partial charge on any atom is 0.253 e. The number of amides is 1. The third-order valence-electron chi connectivity index (χ3n) is 5.53. The summed E-state index contributed by atoms with van der Waals surface area (Å²) in [5, 5.41) is 0. The van der Waals surface area contributed by atoms with Crippen molar-refractivity contribution in [3.05, 3.63) is 23.8 Å². The average molecular weight is 330 g/mol. The van der Waals surface area contributed by atoms with Crippen LogP contribution in [0.3, 0.4) is 0 Å². The van der Waals surface area contributed by atoms with Crippen LogP contribution in [0, 0.1) is 0 Å². The van der Waals surface area contributed by atoms with E-state index in [9.17, 15) is 4.79 Å². The molecule has 130 valence electrons. The summed E-state index contributed by atoms with van der Waals surface area (Å²) in [5.74, 6) is 1.52. The van der Waals surface area contributed by atoms with Gasteiger partial charge in [-0.25, -0.2) is 0 Å². The number of rotatable bonds is 2.